The van der Waals surface area contributed by atoms with Crippen LogP contribution in [0, 0.1) is 5.82 Å². The summed E-state index contributed by atoms with van der Waals surface area (Å²) in [5, 5.41) is 4.83. The number of hydrogen-bond donors (Lipinski definition) is 3. The summed E-state index contributed by atoms with van der Waals surface area (Å²) in [5.74, 6) is -2.19. The Kier molecular flexibility index (Phi) is 10.7. The molecule has 2 aromatic rings. The lowest BCUT2D eigenvalue weighted by Crippen LogP contribution is -2.32. The predicted molar refractivity (Wildman–Crippen MR) is 126 cm³/mol. The molecule has 0 aliphatic heterocycles. The molecule has 0 spiro atoms. The van der Waals surface area contributed by atoms with E-state index in [1.54, 1.807) is 0 Å². The van der Waals surface area contributed by atoms with Gasteiger partial charge in [-0.2, -0.15) is 13.2 Å². The van der Waals surface area contributed by atoms with Crippen LogP contribution in [0.15, 0.2) is 36.4 Å². The van der Waals surface area contributed by atoms with Gasteiger partial charge in [-0.1, -0.05) is 57.6 Å². The zero-order chi connectivity index (χ0) is 26.0. The van der Waals surface area contributed by atoms with Gasteiger partial charge in [-0.05, 0) is 36.2 Å². The zero-order valence-electron chi connectivity index (χ0n) is 19.5. The van der Waals surface area contributed by atoms with Crippen LogP contribution in [0.4, 0.5) is 43.4 Å². The summed E-state index contributed by atoms with van der Waals surface area (Å²) in [4.78, 5) is 12.1. The number of rotatable bonds is 13. The van der Waals surface area contributed by atoms with Crippen molar-refractivity contribution in [1.82, 2.24) is 0 Å². The van der Waals surface area contributed by atoms with E-state index in [2.05, 4.69) is 17.6 Å². The average molecular weight is 504 g/mol. The fraction of sp³-hybridized carbons (Fsp3) is 0.480. The second-order valence-electron chi connectivity index (χ2n) is 8.40. The fourth-order valence-corrected chi connectivity index (χ4v) is 3.48. The number of unbranched alkanes of at least 4 members (excludes halogenated alkanes) is 5. The lowest BCUT2D eigenvalue weighted by atomic mass is 10.0. The Bertz CT molecular complexity index is 949. The highest BCUT2D eigenvalue weighted by atomic mass is 19.4. The van der Waals surface area contributed by atoms with Crippen LogP contribution in [-0.2, 0) is 17.5 Å². The van der Waals surface area contributed by atoms with Gasteiger partial charge in [0, 0.05) is 6.54 Å². The van der Waals surface area contributed by atoms with Crippen molar-refractivity contribution in [3.63, 3.8) is 0 Å². The Balaban J connectivity index is 1.90. The number of nitrogens with two attached hydrogens (primary N) is 1. The number of amides is 1. The smallest absolute Gasteiger partial charge is 0.395 e. The minimum atomic E-state index is -4.46. The van der Waals surface area contributed by atoms with Crippen molar-refractivity contribution < 1.29 is 31.1 Å². The van der Waals surface area contributed by atoms with E-state index in [1.165, 1.54) is 24.3 Å². The molecule has 0 aliphatic rings. The SMILES string of the molecule is CCCCCCCC[C@@H](F)[C@@H](F)C(=O)Nc1ccc(NCc2ccc(C(F)(F)F)cc2)c(F)c1N. The molecular formula is C25H31F6N3O. The maximum Gasteiger partial charge on any atom is 0.416 e. The Hall–Kier alpha value is -2.91. The number of carbonyl (C=O) groups excluding carboxylic acids is 1. The molecule has 4 nitrogen and oxygen atoms in total. The van der Waals surface area contributed by atoms with Crippen molar-refractivity contribution in [2.24, 2.45) is 0 Å². The van der Waals surface area contributed by atoms with Gasteiger partial charge in [0.1, 0.15) is 6.17 Å². The lowest BCUT2D eigenvalue weighted by Gasteiger charge is -2.16. The summed E-state index contributed by atoms with van der Waals surface area (Å²) < 4.78 is 80.9. The van der Waals surface area contributed by atoms with Gasteiger partial charge in [-0.25, -0.2) is 13.2 Å². The highest BCUT2D eigenvalue weighted by molar-refractivity contribution is 5.97. The first kappa shape index (κ1) is 28.3. The molecule has 0 saturated carbocycles. The summed E-state index contributed by atoms with van der Waals surface area (Å²) in [5.41, 5.74) is 4.63. The molecule has 0 fully saturated rings. The van der Waals surface area contributed by atoms with Crippen LogP contribution in [-0.4, -0.2) is 18.3 Å². The van der Waals surface area contributed by atoms with E-state index < -0.39 is 41.5 Å². The molecule has 0 radical (unpaired) electrons. The van der Waals surface area contributed by atoms with Gasteiger partial charge in [0.15, 0.2) is 5.82 Å². The molecule has 35 heavy (non-hydrogen) atoms. The van der Waals surface area contributed by atoms with E-state index >= 15 is 0 Å². The van der Waals surface area contributed by atoms with Gasteiger partial charge >= 0.3 is 6.18 Å². The number of alkyl halides is 5. The molecule has 10 heteroatoms. The topological polar surface area (TPSA) is 67.2 Å². The first-order valence-corrected chi connectivity index (χ1v) is 11.6. The number of nitrogen functional groups attached to an aromatic ring is 1. The monoisotopic (exact) mass is 503 g/mol. The van der Waals surface area contributed by atoms with E-state index in [4.69, 9.17) is 5.73 Å². The predicted octanol–water partition coefficient (Wildman–Crippen LogP) is 7.40. The lowest BCUT2D eigenvalue weighted by molar-refractivity contribution is -0.137. The molecule has 2 rings (SSSR count). The molecule has 4 N–H and O–H groups in total. The number of anilines is 3. The quantitative estimate of drug-likeness (QED) is 0.152. The van der Waals surface area contributed by atoms with Crippen molar-refractivity contribution in [3.05, 3.63) is 53.3 Å². The first-order chi connectivity index (χ1) is 16.5. The fourth-order valence-electron chi connectivity index (χ4n) is 3.48. The van der Waals surface area contributed by atoms with Crippen LogP contribution in [0.5, 0.6) is 0 Å². The third kappa shape index (κ3) is 8.67. The summed E-state index contributed by atoms with van der Waals surface area (Å²) >= 11 is 0. The van der Waals surface area contributed by atoms with E-state index in [-0.39, 0.29) is 24.3 Å². The van der Waals surface area contributed by atoms with Gasteiger partial charge in [0.2, 0.25) is 6.17 Å². The molecule has 0 saturated heterocycles. The van der Waals surface area contributed by atoms with Crippen molar-refractivity contribution in [3.8, 4) is 0 Å². The summed E-state index contributed by atoms with van der Waals surface area (Å²) in [6.45, 7) is 2.09. The highest BCUT2D eigenvalue weighted by Crippen LogP contribution is 2.31. The van der Waals surface area contributed by atoms with Gasteiger partial charge in [0.25, 0.3) is 5.91 Å². The molecule has 2 atom stereocenters. The minimum absolute atomic E-state index is 0.00866. The van der Waals surface area contributed by atoms with E-state index in [9.17, 15) is 31.1 Å². The van der Waals surface area contributed by atoms with Crippen LogP contribution in [0.1, 0.15) is 63.0 Å². The standard InChI is InChI=1S/C25H31F6N3O/c1-2-3-4-5-6-7-8-18(26)21(27)24(35)34-20-14-13-19(22(28)23(20)32)33-15-16-9-11-17(12-10-16)25(29,30)31/h9-14,18,21,33H,2-8,15,32H2,1H3,(H,34,35)/t18-,21-/m1/s1. The molecule has 194 valence electrons. The number of nitrogens with one attached hydrogen (secondary N) is 2. The summed E-state index contributed by atoms with van der Waals surface area (Å²) in [6, 6.07) is 6.81. The number of hydrogen-bond acceptors (Lipinski definition) is 3. The second kappa shape index (κ2) is 13.3. The van der Waals surface area contributed by atoms with Gasteiger partial charge in [0.05, 0.1) is 22.6 Å². The Morgan fingerprint density at radius 1 is 0.943 bits per heavy atom. The zero-order valence-corrected chi connectivity index (χ0v) is 19.5. The Morgan fingerprint density at radius 2 is 1.54 bits per heavy atom. The van der Waals surface area contributed by atoms with Crippen LogP contribution >= 0.6 is 0 Å². The van der Waals surface area contributed by atoms with Crippen molar-refractivity contribution in [1.29, 1.82) is 0 Å². The molecule has 0 aliphatic carbocycles. The van der Waals surface area contributed by atoms with E-state index in [0.29, 0.717) is 12.0 Å². The van der Waals surface area contributed by atoms with Crippen molar-refractivity contribution in [2.45, 2.75) is 76.9 Å². The van der Waals surface area contributed by atoms with Crippen LogP contribution in [0.2, 0.25) is 0 Å². The molecule has 0 heterocycles. The Morgan fingerprint density at radius 3 is 2.17 bits per heavy atom. The third-order valence-electron chi connectivity index (χ3n) is 5.60. The third-order valence-corrected chi connectivity index (χ3v) is 5.60. The van der Waals surface area contributed by atoms with Gasteiger partial charge in [-0.15, -0.1) is 0 Å². The van der Waals surface area contributed by atoms with Crippen molar-refractivity contribution in [2.75, 3.05) is 16.4 Å². The van der Waals surface area contributed by atoms with E-state index in [1.807, 2.05) is 0 Å². The maximum absolute atomic E-state index is 14.6. The summed E-state index contributed by atoms with van der Waals surface area (Å²) in [6.07, 6.45) is -3.57. The molecule has 2 aromatic carbocycles. The number of halogens is 6. The van der Waals surface area contributed by atoms with Crippen LogP contribution in [0.25, 0.3) is 0 Å². The van der Waals surface area contributed by atoms with Gasteiger partial charge < -0.3 is 16.4 Å². The van der Waals surface area contributed by atoms with Gasteiger partial charge in [-0.3, -0.25) is 4.79 Å². The molecule has 0 aromatic heterocycles. The Labute approximate surface area is 201 Å². The number of carbonyl (C=O) groups is 1. The van der Waals surface area contributed by atoms with E-state index in [0.717, 1.165) is 44.2 Å². The number of benzene rings is 2. The summed E-state index contributed by atoms with van der Waals surface area (Å²) in [7, 11) is 0. The molecule has 0 bridgehead atoms. The second-order valence-corrected chi connectivity index (χ2v) is 8.40. The minimum Gasteiger partial charge on any atom is -0.395 e. The average Bonchev–Trinajstić information content (AvgIpc) is 2.82. The van der Waals surface area contributed by atoms with Crippen molar-refractivity contribution >= 4 is 23.0 Å². The molecular weight excluding hydrogens is 472 g/mol. The first-order valence-electron chi connectivity index (χ1n) is 11.6. The van der Waals surface area contributed by atoms with Crippen LogP contribution < -0.4 is 16.4 Å². The van der Waals surface area contributed by atoms with Crippen LogP contribution in [0.3, 0.4) is 0 Å². The highest BCUT2D eigenvalue weighted by Gasteiger charge is 2.30. The molecule has 1 amide bonds. The molecule has 0 unspecified atom stereocenters. The maximum atomic E-state index is 14.6. The largest absolute Gasteiger partial charge is 0.416 e. The normalized spacial score (nSPS) is 13.3.